The molecule has 1 fully saturated rings. The Kier molecular flexibility index (Phi) is 6.29. The van der Waals surface area contributed by atoms with E-state index in [2.05, 4.69) is 5.16 Å². The summed E-state index contributed by atoms with van der Waals surface area (Å²) in [5.74, 6) is -0.210. The lowest BCUT2D eigenvalue weighted by molar-refractivity contribution is -0.150. The molecule has 7 heteroatoms. The Morgan fingerprint density at radius 1 is 1.43 bits per heavy atom. The van der Waals surface area contributed by atoms with E-state index in [1.54, 1.807) is 0 Å². The van der Waals surface area contributed by atoms with Gasteiger partial charge in [0.05, 0.1) is 6.54 Å². The van der Waals surface area contributed by atoms with Crippen molar-refractivity contribution in [3.8, 4) is 0 Å². The number of rotatable bonds is 6. The van der Waals surface area contributed by atoms with Crippen LogP contribution in [0.1, 0.15) is 12.0 Å². The predicted molar refractivity (Wildman–Crippen MR) is 81.6 cm³/mol. The molecule has 1 heterocycles. The summed E-state index contributed by atoms with van der Waals surface area (Å²) in [5, 5.41) is 4.07. The zero-order valence-electron chi connectivity index (χ0n) is 11.4. The highest BCUT2D eigenvalue weighted by atomic mass is 35.5. The Morgan fingerprint density at radius 3 is 2.90 bits per heavy atom. The van der Waals surface area contributed by atoms with E-state index < -0.39 is 5.56 Å². The molecule has 0 aromatic heterocycles. The SMILES string of the molecule is O=C1CN(CCC(Cl)O/N=C(\Cl)c2ccccc2)CCO1. The van der Waals surface area contributed by atoms with Crippen molar-refractivity contribution < 1.29 is 14.4 Å². The maximum absolute atomic E-state index is 11.1. The molecule has 2 rings (SSSR count). The molecule has 1 aromatic rings. The zero-order valence-corrected chi connectivity index (χ0v) is 12.9. The molecular formula is C14H16Cl2N2O3. The Labute approximate surface area is 133 Å². The molecule has 1 saturated heterocycles. The number of ether oxygens (including phenoxy) is 1. The van der Waals surface area contributed by atoms with Gasteiger partial charge >= 0.3 is 5.97 Å². The lowest BCUT2D eigenvalue weighted by Gasteiger charge is -2.25. The molecule has 0 spiro atoms. The van der Waals surface area contributed by atoms with E-state index in [0.29, 0.717) is 26.1 Å². The van der Waals surface area contributed by atoms with Crippen LogP contribution in [0.2, 0.25) is 0 Å². The monoisotopic (exact) mass is 330 g/mol. The van der Waals surface area contributed by atoms with Crippen LogP contribution in [0, 0.1) is 0 Å². The minimum absolute atomic E-state index is 0.210. The average molecular weight is 331 g/mol. The first-order chi connectivity index (χ1) is 10.1. The summed E-state index contributed by atoms with van der Waals surface area (Å²) < 4.78 is 4.86. The number of morpholine rings is 1. The number of hydrogen-bond acceptors (Lipinski definition) is 5. The molecule has 1 atom stereocenters. The van der Waals surface area contributed by atoms with Gasteiger partial charge in [-0.15, -0.1) is 0 Å². The second-order valence-corrected chi connectivity index (χ2v) is 5.39. The van der Waals surface area contributed by atoms with Crippen LogP contribution in [0.4, 0.5) is 0 Å². The molecule has 0 bridgehead atoms. The van der Waals surface area contributed by atoms with Gasteiger partial charge in [0.15, 0.2) is 5.17 Å². The molecule has 5 nitrogen and oxygen atoms in total. The number of oxime groups is 1. The van der Waals surface area contributed by atoms with Gasteiger partial charge in [-0.1, -0.05) is 58.7 Å². The highest BCUT2D eigenvalue weighted by Crippen LogP contribution is 2.11. The van der Waals surface area contributed by atoms with Crippen molar-refractivity contribution in [3.05, 3.63) is 35.9 Å². The van der Waals surface area contributed by atoms with Gasteiger partial charge in [0.2, 0.25) is 5.56 Å². The Balaban J connectivity index is 1.74. The minimum Gasteiger partial charge on any atom is -0.463 e. The number of benzene rings is 1. The molecule has 0 N–H and O–H groups in total. The van der Waals surface area contributed by atoms with E-state index in [1.165, 1.54) is 0 Å². The Bertz CT molecular complexity index is 496. The number of halogens is 2. The summed E-state index contributed by atoms with van der Waals surface area (Å²) in [6.45, 7) is 2.06. The fraction of sp³-hybridized carbons (Fsp3) is 0.429. The number of nitrogens with zero attached hydrogens (tertiary/aromatic N) is 2. The fourth-order valence-corrected chi connectivity index (χ4v) is 2.16. The van der Waals surface area contributed by atoms with E-state index in [9.17, 15) is 4.79 Å². The summed E-state index contributed by atoms with van der Waals surface area (Å²) in [5.41, 5.74) is 0.169. The van der Waals surface area contributed by atoms with Crippen molar-refractivity contribution >= 4 is 34.3 Å². The van der Waals surface area contributed by atoms with Crippen molar-refractivity contribution in [3.63, 3.8) is 0 Å². The number of alkyl halides is 1. The first kappa shape index (κ1) is 16.1. The zero-order chi connectivity index (χ0) is 15.1. The fourth-order valence-electron chi connectivity index (χ4n) is 1.86. The largest absolute Gasteiger partial charge is 0.463 e. The van der Waals surface area contributed by atoms with Gasteiger partial charge in [-0.3, -0.25) is 9.69 Å². The van der Waals surface area contributed by atoms with Crippen LogP contribution >= 0.6 is 23.2 Å². The van der Waals surface area contributed by atoms with E-state index in [-0.39, 0.29) is 17.7 Å². The predicted octanol–water partition coefficient (Wildman–Crippen LogP) is 2.42. The van der Waals surface area contributed by atoms with Gasteiger partial charge in [-0.2, -0.15) is 0 Å². The van der Waals surface area contributed by atoms with E-state index in [1.807, 2.05) is 35.2 Å². The summed E-state index contributed by atoms with van der Waals surface area (Å²) in [7, 11) is 0. The van der Waals surface area contributed by atoms with Crippen LogP contribution in [-0.2, 0) is 14.4 Å². The summed E-state index contributed by atoms with van der Waals surface area (Å²) in [4.78, 5) is 18.2. The molecule has 114 valence electrons. The maximum atomic E-state index is 11.1. The molecule has 1 aromatic carbocycles. The average Bonchev–Trinajstić information content (AvgIpc) is 2.51. The standard InChI is InChI=1S/C14H16Cl2N2O3/c15-12(6-7-18-8-9-20-13(19)10-18)21-17-14(16)11-4-2-1-3-5-11/h1-5,12H,6-10H2/b17-14-. The Hall–Kier alpha value is -1.30. The first-order valence-electron chi connectivity index (χ1n) is 6.62. The van der Waals surface area contributed by atoms with Crippen LogP contribution in [0.3, 0.4) is 0 Å². The molecule has 0 saturated carbocycles. The van der Waals surface area contributed by atoms with Crippen LogP contribution in [0.5, 0.6) is 0 Å². The van der Waals surface area contributed by atoms with E-state index in [0.717, 1.165) is 5.56 Å². The van der Waals surface area contributed by atoms with Crippen molar-refractivity contribution in [1.29, 1.82) is 0 Å². The number of esters is 1. The van der Waals surface area contributed by atoms with Crippen molar-refractivity contribution in [2.75, 3.05) is 26.2 Å². The molecule has 1 aliphatic heterocycles. The van der Waals surface area contributed by atoms with Gasteiger partial charge in [0.1, 0.15) is 6.61 Å². The second kappa shape index (κ2) is 8.22. The third-order valence-electron chi connectivity index (χ3n) is 2.95. The molecule has 1 unspecified atom stereocenters. The van der Waals surface area contributed by atoms with E-state index >= 15 is 0 Å². The number of hydrogen-bond donors (Lipinski definition) is 0. The normalized spacial score (nSPS) is 18.2. The van der Waals surface area contributed by atoms with Crippen LogP contribution in [0.25, 0.3) is 0 Å². The number of carbonyl (C=O) groups is 1. The topological polar surface area (TPSA) is 51.1 Å². The highest BCUT2D eigenvalue weighted by molar-refractivity contribution is 6.69. The molecule has 0 radical (unpaired) electrons. The second-order valence-electron chi connectivity index (χ2n) is 4.55. The molecule has 1 aliphatic rings. The van der Waals surface area contributed by atoms with Crippen molar-refractivity contribution in [1.82, 2.24) is 4.90 Å². The summed E-state index contributed by atoms with van der Waals surface area (Å²) >= 11 is 12.1. The molecule has 21 heavy (non-hydrogen) atoms. The molecule has 0 aliphatic carbocycles. The van der Waals surface area contributed by atoms with Gasteiger partial charge in [-0.25, -0.2) is 0 Å². The van der Waals surface area contributed by atoms with Crippen LogP contribution in [0.15, 0.2) is 35.5 Å². The van der Waals surface area contributed by atoms with Gasteiger partial charge in [0, 0.05) is 25.1 Å². The Morgan fingerprint density at radius 2 is 2.19 bits per heavy atom. The first-order valence-corrected chi connectivity index (χ1v) is 7.43. The summed E-state index contributed by atoms with van der Waals surface area (Å²) in [6, 6.07) is 9.28. The quantitative estimate of drug-likeness (QED) is 0.348. The van der Waals surface area contributed by atoms with Gasteiger partial charge in [-0.05, 0) is 0 Å². The smallest absolute Gasteiger partial charge is 0.320 e. The van der Waals surface area contributed by atoms with Gasteiger partial charge in [0.25, 0.3) is 0 Å². The minimum atomic E-state index is -0.597. The third-order valence-corrected chi connectivity index (χ3v) is 3.54. The maximum Gasteiger partial charge on any atom is 0.320 e. The van der Waals surface area contributed by atoms with Crippen molar-refractivity contribution in [2.45, 2.75) is 12.0 Å². The highest BCUT2D eigenvalue weighted by Gasteiger charge is 2.18. The third kappa shape index (κ3) is 5.53. The van der Waals surface area contributed by atoms with Crippen LogP contribution in [-0.4, -0.2) is 47.8 Å². The number of carbonyl (C=O) groups excluding carboxylic acids is 1. The summed E-state index contributed by atoms with van der Waals surface area (Å²) in [6.07, 6.45) is 0.539. The van der Waals surface area contributed by atoms with Crippen LogP contribution < -0.4 is 0 Å². The molecule has 0 amide bonds. The lowest BCUT2D eigenvalue weighted by atomic mass is 10.2. The molecular weight excluding hydrogens is 315 g/mol. The number of cyclic esters (lactones) is 1. The van der Waals surface area contributed by atoms with Gasteiger partial charge < -0.3 is 9.57 Å². The van der Waals surface area contributed by atoms with E-state index in [4.69, 9.17) is 32.8 Å². The lowest BCUT2D eigenvalue weighted by Crippen LogP contribution is -2.40. The van der Waals surface area contributed by atoms with Crippen molar-refractivity contribution in [2.24, 2.45) is 5.16 Å².